The van der Waals surface area contributed by atoms with E-state index in [0.29, 0.717) is 5.78 Å². The predicted octanol–water partition coefficient (Wildman–Crippen LogP) is 3.92. The Labute approximate surface area is 97.9 Å². The summed E-state index contributed by atoms with van der Waals surface area (Å²) in [6.45, 7) is 6.33. The Morgan fingerprint density at radius 1 is 1.25 bits per heavy atom. The number of carbonyl (C=O) groups excluding carboxylic acids is 1. The molecule has 0 bridgehead atoms. The van der Waals surface area contributed by atoms with Gasteiger partial charge in [-0.15, -0.1) is 0 Å². The first-order valence-corrected chi connectivity index (χ1v) is 6.19. The van der Waals surface area contributed by atoms with Gasteiger partial charge in [-0.25, -0.2) is 0 Å². The largest absolute Gasteiger partial charge is 0.294 e. The second-order valence-electron chi connectivity index (χ2n) is 5.30. The van der Waals surface area contributed by atoms with E-state index in [1.165, 1.54) is 12.0 Å². The minimum absolute atomic E-state index is 0.274. The van der Waals surface area contributed by atoms with Crippen LogP contribution in [0.2, 0.25) is 0 Å². The van der Waals surface area contributed by atoms with Crippen molar-refractivity contribution in [1.29, 1.82) is 0 Å². The summed E-state index contributed by atoms with van der Waals surface area (Å²) in [6, 6.07) is 6.17. The number of ketones is 1. The summed E-state index contributed by atoms with van der Waals surface area (Å²) in [6.07, 6.45) is 3.36. The van der Waals surface area contributed by atoms with Gasteiger partial charge >= 0.3 is 0 Å². The molecule has 16 heavy (non-hydrogen) atoms. The Morgan fingerprint density at radius 2 is 2.00 bits per heavy atom. The van der Waals surface area contributed by atoms with Gasteiger partial charge in [0.15, 0.2) is 5.78 Å². The predicted molar refractivity (Wildman–Crippen MR) is 66.8 cm³/mol. The second-order valence-corrected chi connectivity index (χ2v) is 5.30. The van der Waals surface area contributed by atoms with Crippen molar-refractivity contribution in [3.05, 3.63) is 34.9 Å². The number of benzene rings is 1. The van der Waals surface area contributed by atoms with Crippen LogP contribution in [-0.2, 0) is 0 Å². The second kappa shape index (κ2) is 4.40. The average molecular weight is 216 g/mol. The van der Waals surface area contributed by atoms with E-state index in [9.17, 15) is 4.79 Å². The van der Waals surface area contributed by atoms with Crippen molar-refractivity contribution in [3.63, 3.8) is 0 Å². The van der Waals surface area contributed by atoms with Crippen LogP contribution in [0.3, 0.4) is 0 Å². The number of rotatable bonds is 2. The molecule has 1 heteroatoms. The zero-order valence-electron chi connectivity index (χ0n) is 10.4. The zero-order valence-corrected chi connectivity index (χ0v) is 10.4. The lowest BCUT2D eigenvalue weighted by atomic mass is 9.92. The molecule has 2 unspecified atom stereocenters. The number of Topliss-reactive ketones (excluding diaryl/α,β-unsaturated/α-hetero) is 1. The van der Waals surface area contributed by atoms with Crippen molar-refractivity contribution in [2.75, 3.05) is 0 Å². The molecule has 1 aliphatic carbocycles. The topological polar surface area (TPSA) is 17.1 Å². The molecule has 1 saturated carbocycles. The summed E-state index contributed by atoms with van der Waals surface area (Å²) in [5, 5.41) is 0. The number of hydrogen-bond donors (Lipinski definition) is 0. The van der Waals surface area contributed by atoms with Gasteiger partial charge in [0.25, 0.3) is 0 Å². The molecular weight excluding hydrogens is 196 g/mol. The molecule has 2 rings (SSSR count). The maximum Gasteiger partial charge on any atom is 0.166 e. The smallest absolute Gasteiger partial charge is 0.166 e. The molecule has 86 valence electrons. The van der Waals surface area contributed by atoms with Crippen LogP contribution >= 0.6 is 0 Å². The minimum atomic E-state index is 0.274. The quantitative estimate of drug-likeness (QED) is 0.685. The van der Waals surface area contributed by atoms with Crippen molar-refractivity contribution >= 4 is 5.78 Å². The first-order chi connectivity index (χ1) is 7.58. The summed E-state index contributed by atoms with van der Waals surface area (Å²) in [5.41, 5.74) is 3.24. The van der Waals surface area contributed by atoms with E-state index in [1.807, 2.05) is 19.9 Å². The zero-order chi connectivity index (χ0) is 11.7. The van der Waals surface area contributed by atoms with Crippen LogP contribution in [0.1, 0.15) is 47.7 Å². The van der Waals surface area contributed by atoms with Gasteiger partial charge in [0.1, 0.15) is 0 Å². The number of carbonyl (C=O) groups is 1. The van der Waals surface area contributed by atoms with Gasteiger partial charge in [-0.2, -0.15) is 0 Å². The maximum atomic E-state index is 12.4. The maximum absolute atomic E-state index is 12.4. The molecule has 0 aromatic heterocycles. The normalized spacial score (nSPS) is 24.7. The summed E-state index contributed by atoms with van der Waals surface area (Å²) >= 11 is 0. The monoisotopic (exact) mass is 216 g/mol. The average Bonchev–Trinajstić information content (AvgIpc) is 2.67. The summed E-state index contributed by atoms with van der Waals surface area (Å²) in [7, 11) is 0. The number of hydrogen-bond acceptors (Lipinski definition) is 1. The lowest BCUT2D eigenvalue weighted by molar-refractivity contribution is 0.0920. The standard InChI is InChI=1S/C15H20O/c1-10-5-7-13(8-10)15(16)14-9-11(2)4-6-12(14)3/h4,6,9-10,13H,5,7-8H2,1-3H3. The molecule has 1 fully saturated rings. The van der Waals surface area contributed by atoms with Crippen molar-refractivity contribution in [1.82, 2.24) is 0 Å². The fourth-order valence-electron chi connectivity index (χ4n) is 2.67. The van der Waals surface area contributed by atoms with Gasteiger partial charge in [-0.3, -0.25) is 4.79 Å². The summed E-state index contributed by atoms with van der Waals surface area (Å²) < 4.78 is 0. The van der Waals surface area contributed by atoms with Crippen LogP contribution in [0, 0.1) is 25.7 Å². The first-order valence-electron chi connectivity index (χ1n) is 6.19. The minimum Gasteiger partial charge on any atom is -0.294 e. The lowest BCUT2D eigenvalue weighted by Gasteiger charge is -2.11. The molecule has 1 aliphatic rings. The van der Waals surface area contributed by atoms with Crippen LogP contribution in [0.5, 0.6) is 0 Å². The Morgan fingerprint density at radius 3 is 2.62 bits per heavy atom. The van der Waals surface area contributed by atoms with Crippen molar-refractivity contribution < 1.29 is 4.79 Å². The highest BCUT2D eigenvalue weighted by atomic mass is 16.1. The van der Waals surface area contributed by atoms with Gasteiger partial charge in [0.05, 0.1) is 0 Å². The Kier molecular flexibility index (Phi) is 3.13. The molecule has 0 saturated heterocycles. The van der Waals surface area contributed by atoms with Gasteiger partial charge in [-0.1, -0.05) is 24.6 Å². The van der Waals surface area contributed by atoms with Crippen molar-refractivity contribution in [3.8, 4) is 0 Å². The third-order valence-corrected chi connectivity index (χ3v) is 3.72. The van der Waals surface area contributed by atoms with Crippen LogP contribution in [0.25, 0.3) is 0 Å². The first kappa shape index (κ1) is 11.4. The Hall–Kier alpha value is -1.11. The SMILES string of the molecule is Cc1ccc(C)c(C(=O)C2CCC(C)C2)c1. The van der Waals surface area contributed by atoms with E-state index in [-0.39, 0.29) is 5.92 Å². The van der Waals surface area contributed by atoms with E-state index < -0.39 is 0 Å². The molecule has 1 aromatic rings. The highest BCUT2D eigenvalue weighted by molar-refractivity contribution is 5.99. The fraction of sp³-hybridized carbons (Fsp3) is 0.533. The molecular formula is C15H20O. The van der Waals surface area contributed by atoms with Gasteiger partial charge in [0.2, 0.25) is 0 Å². The van der Waals surface area contributed by atoms with Gasteiger partial charge < -0.3 is 0 Å². The Balaban J connectivity index is 2.23. The molecule has 0 N–H and O–H groups in total. The molecule has 0 radical (unpaired) electrons. The summed E-state index contributed by atoms with van der Waals surface area (Å²) in [4.78, 5) is 12.4. The van der Waals surface area contributed by atoms with E-state index in [2.05, 4.69) is 19.1 Å². The van der Waals surface area contributed by atoms with Crippen molar-refractivity contribution in [2.45, 2.75) is 40.0 Å². The highest BCUT2D eigenvalue weighted by Gasteiger charge is 2.28. The highest BCUT2D eigenvalue weighted by Crippen LogP contribution is 2.33. The molecule has 0 spiro atoms. The molecule has 1 aromatic carbocycles. The molecule has 2 atom stereocenters. The third kappa shape index (κ3) is 2.18. The van der Waals surface area contributed by atoms with Crippen molar-refractivity contribution in [2.24, 2.45) is 11.8 Å². The third-order valence-electron chi connectivity index (χ3n) is 3.72. The van der Waals surface area contributed by atoms with Crippen LogP contribution in [-0.4, -0.2) is 5.78 Å². The van der Waals surface area contributed by atoms with E-state index in [4.69, 9.17) is 0 Å². The molecule has 0 amide bonds. The van der Waals surface area contributed by atoms with Gasteiger partial charge in [-0.05, 0) is 50.7 Å². The lowest BCUT2D eigenvalue weighted by Crippen LogP contribution is -2.13. The fourth-order valence-corrected chi connectivity index (χ4v) is 2.67. The van der Waals surface area contributed by atoms with Crippen LogP contribution in [0.15, 0.2) is 18.2 Å². The van der Waals surface area contributed by atoms with E-state index in [0.717, 1.165) is 29.9 Å². The van der Waals surface area contributed by atoms with Crippen LogP contribution < -0.4 is 0 Å². The number of aryl methyl sites for hydroxylation is 2. The van der Waals surface area contributed by atoms with Gasteiger partial charge in [0, 0.05) is 11.5 Å². The molecule has 0 aliphatic heterocycles. The van der Waals surface area contributed by atoms with E-state index >= 15 is 0 Å². The molecule has 0 heterocycles. The molecule has 1 nitrogen and oxygen atoms in total. The Bertz CT molecular complexity index is 406. The summed E-state index contributed by atoms with van der Waals surface area (Å²) in [5.74, 6) is 1.36. The van der Waals surface area contributed by atoms with Crippen LogP contribution in [0.4, 0.5) is 0 Å². The van der Waals surface area contributed by atoms with E-state index in [1.54, 1.807) is 0 Å².